The van der Waals surface area contributed by atoms with E-state index in [2.05, 4.69) is 12.2 Å². The average Bonchev–Trinajstić information content (AvgIpc) is 3.14. The fraction of sp³-hybridized carbons (Fsp3) is 0.974. The first kappa shape index (κ1) is 46.2. The predicted molar refractivity (Wildman–Crippen MR) is 196 cm³/mol. The van der Waals surface area contributed by atoms with E-state index in [0.717, 1.165) is 89.9 Å². The molecule has 1 amide bonds. The van der Waals surface area contributed by atoms with Gasteiger partial charge in [-0.2, -0.15) is 0 Å². The van der Waals surface area contributed by atoms with Crippen molar-refractivity contribution in [2.45, 2.75) is 197 Å². The lowest BCUT2D eigenvalue weighted by Gasteiger charge is -2.40. The maximum Gasteiger partial charge on any atom is 0.220 e. The molecule has 2 saturated heterocycles. The van der Waals surface area contributed by atoms with Crippen molar-refractivity contribution in [3.05, 3.63) is 0 Å². The van der Waals surface area contributed by atoms with Crippen LogP contribution in [0.2, 0.25) is 0 Å². The largest absolute Gasteiger partial charge is 0.394 e. The Hall–Kier alpha value is -0.930. The summed E-state index contributed by atoms with van der Waals surface area (Å²) in [4.78, 5) is 12.9. The van der Waals surface area contributed by atoms with E-state index < -0.39 is 55.6 Å². The molecule has 0 unspecified atom stereocenters. The van der Waals surface area contributed by atoms with Gasteiger partial charge in [-0.15, -0.1) is 0 Å². The predicted octanol–water partition coefficient (Wildman–Crippen LogP) is 4.27. The molecule has 2 aliphatic heterocycles. The summed E-state index contributed by atoms with van der Waals surface area (Å²) in [6.07, 6.45) is 13.1. The summed E-state index contributed by atoms with van der Waals surface area (Å²) in [5, 5.41) is 64.9. The number of amides is 1. The second-order valence-electron chi connectivity index (χ2n) is 14.9. The molecule has 0 spiro atoms. The van der Waals surface area contributed by atoms with Gasteiger partial charge in [-0.3, -0.25) is 4.79 Å². The van der Waals surface area contributed by atoms with Gasteiger partial charge in [0.05, 0.1) is 25.4 Å². The fourth-order valence-corrected chi connectivity index (χ4v) is 7.00. The summed E-state index contributed by atoms with van der Waals surface area (Å²) in [5.74, 6) is 0.467. The Bertz CT molecular complexity index is 831. The molecule has 51 heavy (non-hydrogen) atoms. The molecule has 12 heteroatoms. The number of unbranched alkanes of at least 4 members (excludes halogenated alkanes) is 14. The summed E-state index contributed by atoms with van der Waals surface area (Å²) >= 11 is 0. The van der Waals surface area contributed by atoms with Crippen molar-refractivity contribution in [2.75, 3.05) is 39.6 Å². The van der Waals surface area contributed by atoms with E-state index in [-0.39, 0.29) is 18.9 Å². The zero-order valence-corrected chi connectivity index (χ0v) is 31.7. The van der Waals surface area contributed by atoms with Crippen LogP contribution >= 0.6 is 0 Å². The SMILES string of the molecule is CCCCCCCCCCCCCC[C@@H](O)[C@@H](O)[C@H](CO[C@H]1O[C@H](CO)[C@H](O)[C@H](O)[C@H]1O)NC(=O)CCCCCCOCCCC1CCOCC1. The number of nitrogens with one attached hydrogen (secondary N) is 1. The third kappa shape index (κ3) is 20.4. The molecule has 302 valence electrons. The van der Waals surface area contributed by atoms with Gasteiger partial charge < -0.3 is 54.9 Å². The summed E-state index contributed by atoms with van der Waals surface area (Å²) in [6.45, 7) is 4.55. The van der Waals surface area contributed by atoms with E-state index >= 15 is 0 Å². The molecule has 2 fully saturated rings. The number of rotatable bonds is 31. The number of aliphatic hydroxyl groups is 6. The first-order valence-corrected chi connectivity index (χ1v) is 20.5. The highest BCUT2D eigenvalue weighted by Gasteiger charge is 2.44. The van der Waals surface area contributed by atoms with Crippen LogP contribution in [0.5, 0.6) is 0 Å². The van der Waals surface area contributed by atoms with Gasteiger partial charge in [-0.05, 0) is 50.9 Å². The molecule has 0 aliphatic carbocycles. The Labute approximate surface area is 308 Å². The van der Waals surface area contributed by atoms with Crippen LogP contribution in [0.15, 0.2) is 0 Å². The molecule has 2 rings (SSSR count). The van der Waals surface area contributed by atoms with Crippen molar-refractivity contribution < 1.29 is 54.4 Å². The molecule has 0 aromatic rings. The van der Waals surface area contributed by atoms with Crippen LogP contribution in [0.25, 0.3) is 0 Å². The molecule has 0 aromatic heterocycles. The highest BCUT2D eigenvalue weighted by Crippen LogP contribution is 2.23. The van der Waals surface area contributed by atoms with E-state index in [0.29, 0.717) is 19.4 Å². The van der Waals surface area contributed by atoms with E-state index in [4.69, 9.17) is 18.9 Å². The Kier molecular flexibility index (Phi) is 26.7. The van der Waals surface area contributed by atoms with Crippen molar-refractivity contribution in [1.82, 2.24) is 5.32 Å². The first-order valence-electron chi connectivity index (χ1n) is 20.5. The van der Waals surface area contributed by atoms with Crippen molar-refractivity contribution in [2.24, 2.45) is 5.92 Å². The maximum atomic E-state index is 12.9. The minimum Gasteiger partial charge on any atom is -0.394 e. The lowest BCUT2D eigenvalue weighted by molar-refractivity contribution is -0.303. The zero-order chi connectivity index (χ0) is 37.1. The molecule has 0 saturated carbocycles. The third-order valence-electron chi connectivity index (χ3n) is 10.5. The molecular formula is C39H75NO11. The Morgan fingerprint density at radius 3 is 2.00 bits per heavy atom. The molecule has 0 bridgehead atoms. The van der Waals surface area contributed by atoms with Gasteiger partial charge >= 0.3 is 0 Å². The quantitative estimate of drug-likeness (QED) is 0.0505. The number of carbonyl (C=O) groups is 1. The Morgan fingerprint density at radius 1 is 0.765 bits per heavy atom. The van der Waals surface area contributed by atoms with E-state index in [1.54, 1.807) is 0 Å². The summed E-state index contributed by atoms with van der Waals surface area (Å²) < 4.78 is 22.3. The minimum absolute atomic E-state index is 0.240. The van der Waals surface area contributed by atoms with Gasteiger partial charge in [-0.25, -0.2) is 0 Å². The molecular weight excluding hydrogens is 658 g/mol. The van der Waals surface area contributed by atoms with E-state index in [1.807, 2.05) is 0 Å². The molecule has 0 aromatic carbocycles. The highest BCUT2D eigenvalue weighted by molar-refractivity contribution is 5.76. The minimum atomic E-state index is -1.61. The van der Waals surface area contributed by atoms with Gasteiger partial charge in [0.2, 0.25) is 5.91 Å². The van der Waals surface area contributed by atoms with Crippen LogP contribution < -0.4 is 5.32 Å². The van der Waals surface area contributed by atoms with Gasteiger partial charge in [0, 0.05) is 32.8 Å². The number of hydrogen-bond acceptors (Lipinski definition) is 11. The van der Waals surface area contributed by atoms with Gasteiger partial charge in [-0.1, -0.05) is 96.8 Å². The summed E-state index contributed by atoms with van der Waals surface area (Å²) in [6, 6.07) is -1.01. The Balaban J connectivity index is 1.70. The monoisotopic (exact) mass is 734 g/mol. The first-order chi connectivity index (χ1) is 24.8. The standard InChI is InChI=1S/C39H75NO11/c1-2-3-4-5-6-7-8-9-10-11-12-15-20-32(42)35(44)31(29-50-39-38(47)37(46)36(45)33(28-41)51-39)40-34(43)21-16-13-14-17-24-48-25-18-19-30-22-26-49-27-23-30/h30-33,35-39,41-42,44-47H,2-29H2,1H3,(H,40,43)/t31-,32+,33+,35-,36-,37-,38+,39-/m0/s1. The number of ether oxygens (including phenoxy) is 4. The molecule has 2 heterocycles. The molecule has 8 atom stereocenters. The Morgan fingerprint density at radius 2 is 1.35 bits per heavy atom. The van der Waals surface area contributed by atoms with Gasteiger partial charge in [0.25, 0.3) is 0 Å². The van der Waals surface area contributed by atoms with Crippen molar-refractivity contribution in [3.8, 4) is 0 Å². The lowest BCUT2D eigenvalue weighted by Crippen LogP contribution is -2.60. The van der Waals surface area contributed by atoms with Crippen LogP contribution in [0.4, 0.5) is 0 Å². The molecule has 2 aliphatic rings. The molecule has 7 N–H and O–H groups in total. The fourth-order valence-electron chi connectivity index (χ4n) is 7.00. The van der Waals surface area contributed by atoms with Crippen molar-refractivity contribution in [1.29, 1.82) is 0 Å². The topological polar surface area (TPSA) is 187 Å². The van der Waals surface area contributed by atoms with E-state index in [9.17, 15) is 35.4 Å². The smallest absolute Gasteiger partial charge is 0.220 e. The highest BCUT2D eigenvalue weighted by atomic mass is 16.7. The molecule has 12 nitrogen and oxygen atoms in total. The van der Waals surface area contributed by atoms with E-state index in [1.165, 1.54) is 57.8 Å². The van der Waals surface area contributed by atoms with Crippen LogP contribution in [0, 0.1) is 5.92 Å². The van der Waals surface area contributed by atoms with Crippen LogP contribution in [0.1, 0.15) is 148 Å². The maximum absolute atomic E-state index is 12.9. The normalized spacial score (nSPS) is 24.7. The average molecular weight is 734 g/mol. The third-order valence-corrected chi connectivity index (χ3v) is 10.5. The second-order valence-corrected chi connectivity index (χ2v) is 14.9. The number of carbonyl (C=O) groups excluding carboxylic acids is 1. The number of hydrogen-bond donors (Lipinski definition) is 7. The zero-order valence-electron chi connectivity index (χ0n) is 31.7. The summed E-state index contributed by atoms with van der Waals surface area (Å²) in [7, 11) is 0. The van der Waals surface area contributed by atoms with Crippen LogP contribution in [0.3, 0.4) is 0 Å². The molecule has 0 radical (unpaired) electrons. The van der Waals surface area contributed by atoms with Crippen molar-refractivity contribution >= 4 is 5.91 Å². The van der Waals surface area contributed by atoms with Crippen LogP contribution in [-0.4, -0.2) is 125 Å². The number of aliphatic hydroxyl groups excluding tert-OH is 6. The van der Waals surface area contributed by atoms with Crippen molar-refractivity contribution in [3.63, 3.8) is 0 Å². The lowest BCUT2D eigenvalue weighted by atomic mass is 9.95. The summed E-state index contributed by atoms with van der Waals surface area (Å²) in [5.41, 5.74) is 0. The van der Waals surface area contributed by atoms with Gasteiger partial charge in [0.15, 0.2) is 6.29 Å². The van der Waals surface area contributed by atoms with Gasteiger partial charge in [0.1, 0.15) is 30.5 Å². The second kappa shape index (κ2) is 29.4. The van der Waals surface area contributed by atoms with Crippen LogP contribution in [-0.2, 0) is 23.7 Å².